The summed E-state index contributed by atoms with van der Waals surface area (Å²) in [6.45, 7) is 0. The molecule has 6 aromatic carbocycles. The van der Waals surface area contributed by atoms with Crippen molar-refractivity contribution < 1.29 is 0 Å². The summed E-state index contributed by atoms with van der Waals surface area (Å²) >= 11 is 0. The minimum atomic E-state index is 1.02. The van der Waals surface area contributed by atoms with Crippen molar-refractivity contribution in [3.8, 4) is 16.8 Å². The van der Waals surface area contributed by atoms with Gasteiger partial charge in [-0.1, -0.05) is 84.9 Å². The monoisotopic (exact) mass is 470 g/mol. The first-order valence-electron chi connectivity index (χ1n) is 12.6. The Balaban J connectivity index is 1.48. The van der Waals surface area contributed by atoms with E-state index in [9.17, 15) is 0 Å². The highest BCUT2D eigenvalue weighted by molar-refractivity contribution is 6.23. The van der Waals surface area contributed by atoms with E-state index in [1.54, 1.807) is 0 Å². The lowest BCUT2D eigenvalue weighted by Gasteiger charge is -2.13. The second-order valence-electron chi connectivity index (χ2n) is 9.62. The Kier molecular flexibility index (Phi) is 4.26. The van der Waals surface area contributed by atoms with E-state index in [2.05, 4.69) is 126 Å². The van der Waals surface area contributed by atoms with Gasteiger partial charge in [-0.05, 0) is 75.1 Å². The Morgan fingerprint density at radius 2 is 1.24 bits per heavy atom. The molecule has 0 bridgehead atoms. The lowest BCUT2D eigenvalue weighted by atomic mass is 9.91. The van der Waals surface area contributed by atoms with Crippen LogP contribution >= 0.6 is 0 Å². The van der Waals surface area contributed by atoms with Crippen molar-refractivity contribution in [3.63, 3.8) is 0 Å². The lowest BCUT2D eigenvalue weighted by Crippen LogP contribution is -1.93. The second kappa shape index (κ2) is 7.78. The van der Waals surface area contributed by atoms with Gasteiger partial charge in [-0.25, -0.2) is 0 Å². The molecule has 0 saturated heterocycles. The molecular formula is C35H22N2. The summed E-state index contributed by atoms with van der Waals surface area (Å²) in [7, 11) is 0. The van der Waals surface area contributed by atoms with Crippen molar-refractivity contribution in [2.45, 2.75) is 0 Å². The fourth-order valence-electron chi connectivity index (χ4n) is 5.98. The zero-order valence-electron chi connectivity index (χ0n) is 20.1. The van der Waals surface area contributed by atoms with Crippen LogP contribution in [-0.2, 0) is 0 Å². The standard InChI is InChI=1S/C35H22N2/c1-2-10-25(11-3-1)37-33-15-7-6-13-27(33)31-21-24(17-19-34(31)37)30-22-32-29(14-8-20-36-32)35-26-12-5-4-9-23(26)16-18-28(30)35/h1-22H. The van der Waals surface area contributed by atoms with E-state index in [1.807, 2.05) is 12.3 Å². The Morgan fingerprint density at radius 3 is 2.16 bits per heavy atom. The van der Waals surface area contributed by atoms with Gasteiger partial charge < -0.3 is 4.57 Å². The number of fused-ring (bicyclic) bond motifs is 8. The molecule has 8 aromatic rings. The number of aromatic nitrogens is 2. The Morgan fingerprint density at radius 1 is 0.486 bits per heavy atom. The molecular weight excluding hydrogens is 448 g/mol. The van der Waals surface area contributed by atoms with Crippen molar-refractivity contribution in [2.24, 2.45) is 0 Å². The Bertz CT molecular complexity index is 2120. The largest absolute Gasteiger partial charge is 0.309 e. The van der Waals surface area contributed by atoms with Crippen LogP contribution in [0.2, 0.25) is 0 Å². The van der Waals surface area contributed by atoms with Crippen LogP contribution in [-0.4, -0.2) is 9.55 Å². The maximum absolute atomic E-state index is 4.78. The predicted molar refractivity (Wildman–Crippen MR) is 157 cm³/mol. The maximum Gasteiger partial charge on any atom is 0.0714 e. The molecule has 2 heterocycles. The van der Waals surface area contributed by atoms with E-state index < -0.39 is 0 Å². The highest BCUT2D eigenvalue weighted by atomic mass is 15.0. The van der Waals surface area contributed by atoms with Crippen molar-refractivity contribution >= 4 is 54.3 Å². The van der Waals surface area contributed by atoms with E-state index in [0.29, 0.717) is 0 Å². The van der Waals surface area contributed by atoms with Crippen LogP contribution in [0.15, 0.2) is 134 Å². The summed E-state index contributed by atoms with van der Waals surface area (Å²) in [4.78, 5) is 4.78. The third-order valence-corrected chi connectivity index (χ3v) is 7.61. The number of benzene rings is 6. The van der Waals surface area contributed by atoms with Gasteiger partial charge >= 0.3 is 0 Å². The van der Waals surface area contributed by atoms with Gasteiger partial charge in [-0.2, -0.15) is 0 Å². The van der Waals surface area contributed by atoms with Gasteiger partial charge in [0.05, 0.1) is 16.6 Å². The van der Waals surface area contributed by atoms with Crippen LogP contribution in [0.1, 0.15) is 0 Å². The van der Waals surface area contributed by atoms with E-state index in [0.717, 1.165) is 5.52 Å². The normalized spacial score (nSPS) is 11.8. The van der Waals surface area contributed by atoms with Gasteiger partial charge in [0.15, 0.2) is 0 Å². The van der Waals surface area contributed by atoms with Gasteiger partial charge in [0.2, 0.25) is 0 Å². The van der Waals surface area contributed by atoms with Gasteiger partial charge in [0.25, 0.3) is 0 Å². The molecule has 2 heteroatoms. The molecule has 0 amide bonds. The summed E-state index contributed by atoms with van der Waals surface area (Å²) in [6.07, 6.45) is 1.89. The molecule has 0 N–H and O–H groups in total. The molecule has 0 aliphatic rings. The average Bonchev–Trinajstić information content (AvgIpc) is 3.30. The molecule has 0 unspecified atom stereocenters. The highest BCUT2D eigenvalue weighted by Crippen LogP contribution is 2.40. The van der Waals surface area contributed by atoms with E-state index in [4.69, 9.17) is 4.98 Å². The van der Waals surface area contributed by atoms with Crippen molar-refractivity contribution in [1.29, 1.82) is 0 Å². The molecule has 0 radical (unpaired) electrons. The van der Waals surface area contributed by atoms with E-state index in [-0.39, 0.29) is 0 Å². The summed E-state index contributed by atoms with van der Waals surface area (Å²) in [6, 6.07) is 45.8. The van der Waals surface area contributed by atoms with E-state index >= 15 is 0 Å². The minimum Gasteiger partial charge on any atom is -0.309 e. The minimum absolute atomic E-state index is 1.02. The zero-order valence-corrected chi connectivity index (χ0v) is 20.1. The molecule has 8 rings (SSSR count). The van der Waals surface area contributed by atoms with Crippen LogP contribution in [0.25, 0.3) is 71.1 Å². The summed E-state index contributed by atoms with van der Waals surface area (Å²) in [5.41, 5.74) is 7.05. The van der Waals surface area contributed by atoms with Crippen LogP contribution in [0.5, 0.6) is 0 Å². The average molecular weight is 471 g/mol. The van der Waals surface area contributed by atoms with Crippen molar-refractivity contribution in [3.05, 3.63) is 134 Å². The molecule has 0 saturated carbocycles. The third kappa shape index (κ3) is 2.96. The number of rotatable bonds is 2. The number of nitrogens with zero attached hydrogens (tertiary/aromatic N) is 2. The maximum atomic E-state index is 4.78. The van der Waals surface area contributed by atoms with Gasteiger partial charge in [-0.3, -0.25) is 4.98 Å². The topological polar surface area (TPSA) is 17.8 Å². The summed E-state index contributed by atoms with van der Waals surface area (Å²) in [5, 5.41) is 8.75. The first-order chi connectivity index (χ1) is 18.4. The molecule has 0 aliphatic carbocycles. The molecule has 0 aliphatic heterocycles. The molecule has 0 spiro atoms. The molecule has 0 fully saturated rings. The lowest BCUT2D eigenvalue weighted by molar-refractivity contribution is 1.18. The van der Waals surface area contributed by atoms with Crippen LogP contribution < -0.4 is 0 Å². The smallest absolute Gasteiger partial charge is 0.0714 e. The van der Waals surface area contributed by atoms with Crippen LogP contribution in [0.3, 0.4) is 0 Å². The van der Waals surface area contributed by atoms with E-state index in [1.165, 1.54) is 65.6 Å². The molecule has 37 heavy (non-hydrogen) atoms. The van der Waals surface area contributed by atoms with Gasteiger partial charge in [0.1, 0.15) is 0 Å². The molecule has 172 valence electrons. The fourth-order valence-corrected chi connectivity index (χ4v) is 5.98. The quantitative estimate of drug-likeness (QED) is 0.230. The SMILES string of the molecule is c1ccc(-n2c3ccccc3c3cc(-c4cc5ncccc5c5c4ccc4ccccc45)ccc32)cc1. The molecule has 2 nitrogen and oxygen atoms in total. The number of para-hydroxylation sites is 2. The van der Waals surface area contributed by atoms with Crippen LogP contribution in [0, 0.1) is 0 Å². The predicted octanol–water partition coefficient (Wildman–Crippen LogP) is 9.31. The molecule has 0 atom stereocenters. The number of hydrogen-bond donors (Lipinski definition) is 0. The summed E-state index contributed by atoms with van der Waals surface area (Å²) < 4.78 is 2.36. The van der Waals surface area contributed by atoms with Crippen molar-refractivity contribution in [2.75, 3.05) is 0 Å². The first-order valence-corrected chi connectivity index (χ1v) is 12.6. The van der Waals surface area contributed by atoms with Gasteiger partial charge in [0, 0.05) is 28.0 Å². The van der Waals surface area contributed by atoms with Crippen molar-refractivity contribution in [1.82, 2.24) is 9.55 Å². The second-order valence-corrected chi connectivity index (χ2v) is 9.62. The van der Waals surface area contributed by atoms with Gasteiger partial charge in [-0.15, -0.1) is 0 Å². The first kappa shape index (κ1) is 20.3. The van der Waals surface area contributed by atoms with Crippen LogP contribution in [0.4, 0.5) is 0 Å². The number of pyridine rings is 1. The highest BCUT2D eigenvalue weighted by Gasteiger charge is 2.16. The Hall–Kier alpha value is -4.95. The zero-order chi connectivity index (χ0) is 24.3. The third-order valence-electron chi connectivity index (χ3n) is 7.61. The molecule has 2 aromatic heterocycles. The summed E-state index contributed by atoms with van der Waals surface area (Å²) in [5.74, 6) is 0. The Labute approximate surface area is 214 Å². The fraction of sp³-hybridized carbons (Fsp3) is 0. The number of hydrogen-bond acceptors (Lipinski definition) is 1.